The number of halogens is 1. The van der Waals surface area contributed by atoms with E-state index in [1.165, 1.54) is 36.4 Å². The lowest BCUT2D eigenvalue weighted by molar-refractivity contribution is -0.112. The normalized spacial score (nSPS) is 11.1. The summed E-state index contributed by atoms with van der Waals surface area (Å²) in [7, 11) is 0. The van der Waals surface area contributed by atoms with Gasteiger partial charge in [-0.05, 0) is 74.0 Å². The molecule has 2 N–H and O–H groups in total. The SMILES string of the molecule is Cc1cc(/C=C(\C#N)C(=O)Nc2ccc(F)cc2)c(C)n1-c1cccc(C(=O)O)c1. The molecule has 0 unspecified atom stereocenters. The summed E-state index contributed by atoms with van der Waals surface area (Å²) >= 11 is 0. The van der Waals surface area contributed by atoms with Gasteiger partial charge in [-0.15, -0.1) is 0 Å². The molecule has 0 aliphatic heterocycles. The Labute approximate surface area is 172 Å². The van der Waals surface area contributed by atoms with Crippen molar-refractivity contribution >= 4 is 23.6 Å². The zero-order valence-corrected chi connectivity index (χ0v) is 16.3. The summed E-state index contributed by atoms with van der Waals surface area (Å²) in [5, 5.41) is 21.2. The lowest BCUT2D eigenvalue weighted by atomic mass is 10.1. The van der Waals surface area contributed by atoms with E-state index in [1.54, 1.807) is 18.2 Å². The highest BCUT2D eigenvalue weighted by molar-refractivity contribution is 6.09. The minimum atomic E-state index is -1.02. The van der Waals surface area contributed by atoms with Crippen LogP contribution in [0, 0.1) is 31.0 Å². The van der Waals surface area contributed by atoms with E-state index in [0.717, 1.165) is 11.4 Å². The maximum absolute atomic E-state index is 13.0. The van der Waals surface area contributed by atoms with Crippen molar-refractivity contribution in [3.63, 3.8) is 0 Å². The Bertz CT molecular complexity index is 1200. The lowest BCUT2D eigenvalue weighted by Crippen LogP contribution is -2.13. The average Bonchev–Trinajstić information content (AvgIpc) is 3.00. The molecule has 0 aliphatic carbocycles. The zero-order valence-electron chi connectivity index (χ0n) is 16.3. The summed E-state index contributed by atoms with van der Waals surface area (Å²) in [6, 6.07) is 15.4. The van der Waals surface area contributed by atoms with Gasteiger partial charge in [0.2, 0.25) is 0 Å². The van der Waals surface area contributed by atoms with Gasteiger partial charge in [-0.25, -0.2) is 9.18 Å². The second kappa shape index (κ2) is 8.45. The van der Waals surface area contributed by atoms with Crippen molar-refractivity contribution in [1.82, 2.24) is 4.57 Å². The van der Waals surface area contributed by atoms with Crippen molar-refractivity contribution in [2.45, 2.75) is 13.8 Å². The predicted octanol–water partition coefficient (Wildman–Crippen LogP) is 4.48. The molecule has 30 heavy (non-hydrogen) atoms. The van der Waals surface area contributed by atoms with Gasteiger partial charge >= 0.3 is 5.97 Å². The van der Waals surface area contributed by atoms with Gasteiger partial charge in [0.15, 0.2) is 0 Å². The number of anilines is 1. The van der Waals surface area contributed by atoms with Gasteiger partial charge in [-0.3, -0.25) is 4.79 Å². The number of rotatable bonds is 5. The third-order valence-electron chi connectivity index (χ3n) is 4.59. The molecule has 0 saturated heterocycles. The van der Waals surface area contributed by atoms with Gasteiger partial charge in [0.25, 0.3) is 5.91 Å². The molecule has 7 heteroatoms. The minimum absolute atomic E-state index is 0.112. The summed E-state index contributed by atoms with van der Waals surface area (Å²) in [6.07, 6.45) is 1.47. The fourth-order valence-electron chi connectivity index (χ4n) is 3.14. The largest absolute Gasteiger partial charge is 0.478 e. The van der Waals surface area contributed by atoms with E-state index >= 15 is 0 Å². The number of nitriles is 1. The molecule has 0 saturated carbocycles. The molecule has 3 aromatic rings. The number of hydrogen-bond donors (Lipinski definition) is 2. The number of nitrogens with zero attached hydrogens (tertiary/aromatic N) is 2. The molecular formula is C23H18FN3O3. The van der Waals surface area contributed by atoms with Crippen molar-refractivity contribution in [3.8, 4) is 11.8 Å². The molecule has 0 fully saturated rings. The van der Waals surface area contributed by atoms with Crippen molar-refractivity contribution < 1.29 is 19.1 Å². The highest BCUT2D eigenvalue weighted by atomic mass is 19.1. The van der Waals surface area contributed by atoms with Crippen LogP contribution in [0.25, 0.3) is 11.8 Å². The summed E-state index contributed by atoms with van der Waals surface area (Å²) in [4.78, 5) is 23.7. The smallest absolute Gasteiger partial charge is 0.335 e. The van der Waals surface area contributed by atoms with Crippen LogP contribution in [0.1, 0.15) is 27.3 Å². The predicted molar refractivity (Wildman–Crippen MR) is 111 cm³/mol. The Morgan fingerprint density at radius 2 is 1.83 bits per heavy atom. The van der Waals surface area contributed by atoms with Crippen LogP contribution in [-0.2, 0) is 4.79 Å². The van der Waals surface area contributed by atoms with Crippen molar-refractivity contribution in [3.05, 3.63) is 88.5 Å². The summed E-state index contributed by atoms with van der Waals surface area (Å²) in [5.41, 5.74) is 3.30. The number of aryl methyl sites for hydroxylation is 1. The molecule has 1 aromatic heterocycles. The monoisotopic (exact) mass is 403 g/mol. The first kappa shape index (κ1) is 20.6. The first-order chi connectivity index (χ1) is 14.3. The van der Waals surface area contributed by atoms with Crippen LogP contribution in [0.5, 0.6) is 0 Å². The first-order valence-electron chi connectivity index (χ1n) is 9.01. The Hall–Kier alpha value is -4.18. The highest BCUT2D eigenvalue weighted by Crippen LogP contribution is 2.24. The van der Waals surface area contributed by atoms with Crippen LogP contribution in [0.15, 0.2) is 60.2 Å². The number of hydrogen-bond acceptors (Lipinski definition) is 3. The molecule has 2 aromatic carbocycles. The number of aromatic nitrogens is 1. The van der Waals surface area contributed by atoms with E-state index in [9.17, 15) is 24.3 Å². The molecule has 1 heterocycles. The number of carbonyl (C=O) groups is 2. The van der Waals surface area contributed by atoms with Crippen LogP contribution in [0.3, 0.4) is 0 Å². The highest BCUT2D eigenvalue weighted by Gasteiger charge is 2.15. The van der Waals surface area contributed by atoms with E-state index < -0.39 is 17.7 Å². The fraction of sp³-hybridized carbons (Fsp3) is 0.0870. The lowest BCUT2D eigenvalue weighted by Gasteiger charge is -2.10. The topological polar surface area (TPSA) is 95.1 Å². The number of carbonyl (C=O) groups excluding carboxylic acids is 1. The third kappa shape index (κ3) is 4.28. The molecule has 6 nitrogen and oxygen atoms in total. The number of carboxylic acids is 1. The Morgan fingerprint density at radius 1 is 1.13 bits per heavy atom. The van der Waals surface area contributed by atoms with E-state index in [0.29, 0.717) is 16.9 Å². The van der Waals surface area contributed by atoms with Crippen LogP contribution in [0.4, 0.5) is 10.1 Å². The molecular weight excluding hydrogens is 385 g/mol. The number of benzene rings is 2. The fourth-order valence-corrected chi connectivity index (χ4v) is 3.14. The van der Waals surface area contributed by atoms with Gasteiger partial charge in [0.05, 0.1) is 5.56 Å². The molecule has 0 aliphatic rings. The molecule has 150 valence electrons. The molecule has 3 rings (SSSR count). The first-order valence-corrected chi connectivity index (χ1v) is 9.01. The maximum Gasteiger partial charge on any atom is 0.335 e. The van der Waals surface area contributed by atoms with E-state index in [-0.39, 0.29) is 11.1 Å². The van der Waals surface area contributed by atoms with Gasteiger partial charge in [-0.2, -0.15) is 5.26 Å². The molecule has 1 amide bonds. The van der Waals surface area contributed by atoms with Gasteiger partial charge in [0.1, 0.15) is 17.5 Å². The second-order valence-electron chi connectivity index (χ2n) is 6.65. The van der Waals surface area contributed by atoms with E-state index in [4.69, 9.17) is 0 Å². The van der Waals surface area contributed by atoms with E-state index in [2.05, 4.69) is 5.32 Å². The Balaban J connectivity index is 1.94. The maximum atomic E-state index is 13.0. The Kier molecular flexibility index (Phi) is 5.79. The summed E-state index contributed by atoms with van der Waals surface area (Å²) in [5.74, 6) is -2.06. The number of carboxylic acid groups (broad SMARTS) is 1. The average molecular weight is 403 g/mol. The number of aromatic carboxylic acids is 1. The molecule has 0 atom stereocenters. The molecule has 0 bridgehead atoms. The third-order valence-corrected chi connectivity index (χ3v) is 4.59. The number of amides is 1. The summed E-state index contributed by atoms with van der Waals surface area (Å²) in [6.45, 7) is 3.67. The summed E-state index contributed by atoms with van der Waals surface area (Å²) < 4.78 is 14.9. The van der Waals surface area contributed by atoms with Crippen LogP contribution in [0.2, 0.25) is 0 Å². The van der Waals surface area contributed by atoms with Crippen molar-refractivity contribution in [2.24, 2.45) is 0 Å². The van der Waals surface area contributed by atoms with Crippen molar-refractivity contribution in [2.75, 3.05) is 5.32 Å². The van der Waals surface area contributed by atoms with Gasteiger partial charge < -0.3 is 15.0 Å². The van der Waals surface area contributed by atoms with Crippen LogP contribution in [-0.4, -0.2) is 21.6 Å². The number of nitrogens with one attached hydrogen (secondary N) is 1. The van der Waals surface area contributed by atoms with Crippen molar-refractivity contribution in [1.29, 1.82) is 5.26 Å². The standard InChI is InChI=1S/C23H18FN3O3/c1-14-10-17(15(2)27(14)21-5-3-4-16(12-21)23(29)30)11-18(13-25)22(28)26-20-8-6-19(24)7-9-20/h3-12H,1-2H3,(H,26,28)(H,29,30)/b18-11+. The minimum Gasteiger partial charge on any atom is -0.478 e. The van der Waals surface area contributed by atoms with Gasteiger partial charge in [0, 0.05) is 22.8 Å². The quantitative estimate of drug-likeness (QED) is 0.485. The van der Waals surface area contributed by atoms with Crippen LogP contribution >= 0.6 is 0 Å². The Morgan fingerprint density at radius 3 is 2.47 bits per heavy atom. The molecule has 0 radical (unpaired) electrons. The zero-order chi connectivity index (χ0) is 21.8. The second-order valence-corrected chi connectivity index (χ2v) is 6.65. The van der Waals surface area contributed by atoms with Crippen LogP contribution < -0.4 is 5.32 Å². The van der Waals surface area contributed by atoms with E-state index in [1.807, 2.05) is 30.6 Å². The molecule has 0 spiro atoms. The van der Waals surface area contributed by atoms with Gasteiger partial charge in [-0.1, -0.05) is 6.07 Å².